The van der Waals surface area contributed by atoms with Crippen molar-refractivity contribution in [2.75, 3.05) is 12.4 Å². The third kappa shape index (κ3) is 4.06. The number of hydrogen-bond acceptors (Lipinski definition) is 4. The molecule has 0 amide bonds. The molecule has 0 fully saturated rings. The first-order chi connectivity index (χ1) is 8.88. The Morgan fingerprint density at radius 3 is 2.47 bits per heavy atom. The minimum atomic E-state index is -0.677. The van der Waals surface area contributed by atoms with Gasteiger partial charge in [0.1, 0.15) is 0 Å². The molecule has 0 saturated heterocycles. The zero-order valence-corrected chi connectivity index (χ0v) is 12.8. The SMILES string of the molecule is CC(=O)c1c(C)cc(C)c(CSC[C@@H](O)CO)c1C. The van der Waals surface area contributed by atoms with E-state index in [1.54, 1.807) is 18.7 Å². The van der Waals surface area contributed by atoms with Gasteiger partial charge in [0, 0.05) is 17.1 Å². The molecule has 1 atom stereocenters. The summed E-state index contributed by atoms with van der Waals surface area (Å²) in [5, 5.41) is 18.1. The minimum Gasteiger partial charge on any atom is -0.394 e. The van der Waals surface area contributed by atoms with E-state index in [4.69, 9.17) is 5.11 Å². The number of rotatable bonds is 6. The fraction of sp³-hybridized carbons (Fsp3) is 0.533. The number of hydrogen-bond donors (Lipinski definition) is 2. The van der Waals surface area contributed by atoms with Gasteiger partial charge in [0.05, 0.1) is 12.7 Å². The van der Waals surface area contributed by atoms with Crippen LogP contribution in [0.1, 0.15) is 39.5 Å². The number of benzene rings is 1. The van der Waals surface area contributed by atoms with Crippen molar-refractivity contribution in [3.63, 3.8) is 0 Å². The third-order valence-electron chi connectivity index (χ3n) is 3.25. The Morgan fingerprint density at radius 1 is 1.32 bits per heavy atom. The van der Waals surface area contributed by atoms with Gasteiger partial charge in [0.25, 0.3) is 0 Å². The predicted molar refractivity (Wildman–Crippen MR) is 79.9 cm³/mol. The molecule has 106 valence electrons. The normalized spacial score (nSPS) is 12.5. The first kappa shape index (κ1) is 16.2. The lowest BCUT2D eigenvalue weighted by atomic mass is 9.92. The van der Waals surface area contributed by atoms with E-state index < -0.39 is 6.10 Å². The first-order valence-corrected chi connectivity index (χ1v) is 7.51. The molecule has 1 aromatic carbocycles. The highest BCUT2D eigenvalue weighted by Gasteiger charge is 2.14. The van der Waals surface area contributed by atoms with Crippen LogP contribution in [0.15, 0.2) is 6.07 Å². The van der Waals surface area contributed by atoms with Crippen LogP contribution in [0, 0.1) is 20.8 Å². The van der Waals surface area contributed by atoms with Crippen LogP contribution < -0.4 is 0 Å². The van der Waals surface area contributed by atoms with Crippen LogP contribution in [0.4, 0.5) is 0 Å². The van der Waals surface area contributed by atoms with Crippen LogP contribution in [0.2, 0.25) is 0 Å². The van der Waals surface area contributed by atoms with E-state index in [9.17, 15) is 9.90 Å². The number of carbonyl (C=O) groups excluding carboxylic acids is 1. The molecule has 0 aliphatic rings. The molecule has 0 heterocycles. The maximum absolute atomic E-state index is 11.7. The lowest BCUT2D eigenvalue weighted by Gasteiger charge is -2.16. The second-order valence-corrected chi connectivity index (χ2v) is 5.93. The van der Waals surface area contributed by atoms with E-state index in [2.05, 4.69) is 0 Å². The summed E-state index contributed by atoms with van der Waals surface area (Å²) in [7, 11) is 0. The summed E-state index contributed by atoms with van der Waals surface area (Å²) in [6.45, 7) is 7.37. The number of aliphatic hydroxyl groups excluding tert-OH is 2. The molecular formula is C15H22O3S. The van der Waals surface area contributed by atoms with Crippen molar-refractivity contribution in [3.05, 3.63) is 33.9 Å². The zero-order chi connectivity index (χ0) is 14.6. The van der Waals surface area contributed by atoms with Gasteiger partial charge in [0.15, 0.2) is 5.78 Å². The fourth-order valence-corrected chi connectivity index (χ4v) is 3.48. The molecule has 0 radical (unpaired) electrons. The second kappa shape index (κ2) is 7.08. The topological polar surface area (TPSA) is 57.5 Å². The molecule has 1 aromatic rings. The van der Waals surface area contributed by atoms with Crippen LogP contribution in [0.3, 0.4) is 0 Å². The maximum Gasteiger partial charge on any atom is 0.160 e. The number of thioether (sulfide) groups is 1. The van der Waals surface area contributed by atoms with E-state index >= 15 is 0 Å². The molecule has 0 spiro atoms. The number of carbonyl (C=O) groups is 1. The van der Waals surface area contributed by atoms with Gasteiger partial charge in [-0.15, -0.1) is 0 Å². The predicted octanol–water partition coefficient (Wildman–Crippen LogP) is 2.40. The fourth-order valence-electron chi connectivity index (χ4n) is 2.34. The zero-order valence-electron chi connectivity index (χ0n) is 12.0. The lowest BCUT2D eigenvalue weighted by molar-refractivity contribution is 0.101. The highest BCUT2D eigenvalue weighted by atomic mass is 32.2. The van der Waals surface area contributed by atoms with Crippen LogP contribution in [-0.2, 0) is 5.75 Å². The van der Waals surface area contributed by atoms with Crippen molar-refractivity contribution < 1.29 is 15.0 Å². The Hall–Kier alpha value is -0.840. The first-order valence-electron chi connectivity index (χ1n) is 6.35. The van der Waals surface area contributed by atoms with Gasteiger partial charge in [0.2, 0.25) is 0 Å². The van der Waals surface area contributed by atoms with Gasteiger partial charge in [-0.25, -0.2) is 0 Å². The molecular weight excluding hydrogens is 260 g/mol. The summed E-state index contributed by atoms with van der Waals surface area (Å²) in [6, 6.07) is 2.04. The van der Waals surface area contributed by atoms with Crippen molar-refractivity contribution >= 4 is 17.5 Å². The third-order valence-corrected chi connectivity index (χ3v) is 4.36. The summed E-state index contributed by atoms with van der Waals surface area (Å²) in [4.78, 5) is 11.7. The van der Waals surface area contributed by atoms with Gasteiger partial charge in [-0.05, 0) is 49.9 Å². The van der Waals surface area contributed by atoms with Crippen LogP contribution >= 0.6 is 11.8 Å². The number of aliphatic hydroxyl groups is 2. The number of ketones is 1. The molecule has 0 saturated carbocycles. The maximum atomic E-state index is 11.7. The van der Waals surface area contributed by atoms with Gasteiger partial charge in [-0.3, -0.25) is 4.79 Å². The highest BCUT2D eigenvalue weighted by molar-refractivity contribution is 7.98. The van der Waals surface area contributed by atoms with Crippen LogP contribution in [-0.4, -0.2) is 34.5 Å². The molecule has 0 aliphatic heterocycles. The summed E-state index contributed by atoms with van der Waals surface area (Å²) < 4.78 is 0. The van der Waals surface area contributed by atoms with E-state index in [1.807, 2.05) is 26.8 Å². The molecule has 4 heteroatoms. The Bertz CT molecular complexity index is 469. The van der Waals surface area contributed by atoms with Gasteiger partial charge < -0.3 is 10.2 Å². The van der Waals surface area contributed by atoms with Gasteiger partial charge >= 0.3 is 0 Å². The lowest BCUT2D eigenvalue weighted by Crippen LogP contribution is -2.15. The molecule has 3 nitrogen and oxygen atoms in total. The molecule has 0 bridgehead atoms. The standard InChI is InChI=1S/C15H22O3S/c1-9-5-10(2)15(12(4)17)11(3)14(9)8-19-7-13(18)6-16/h5,13,16,18H,6-8H2,1-4H3/t13-/m0/s1. The summed E-state index contributed by atoms with van der Waals surface area (Å²) >= 11 is 1.57. The van der Waals surface area contributed by atoms with Crippen LogP contribution in [0.25, 0.3) is 0 Å². The minimum absolute atomic E-state index is 0.0941. The van der Waals surface area contributed by atoms with Crippen molar-refractivity contribution in [2.24, 2.45) is 0 Å². The van der Waals surface area contributed by atoms with Crippen molar-refractivity contribution in [2.45, 2.75) is 39.6 Å². The van der Waals surface area contributed by atoms with E-state index in [1.165, 1.54) is 5.56 Å². The Balaban J connectivity index is 2.95. The second-order valence-electron chi connectivity index (χ2n) is 4.90. The van der Waals surface area contributed by atoms with Crippen molar-refractivity contribution in [3.8, 4) is 0 Å². The summed E-state index contributed by atoms with van der Waals surface area (Å²) in [5.41, 5.74) is 5.20. The Kier molecular flexibility index (Phi) is 6.04. The quantitative estimate of drug-likeness (QED) is 0.787. The molecule has 19 heavy (non-hydrogen) atoms. The van der Waals surface area contributed by atoms with E-state index in [0.29, 0.717) is 5.75 Å². The molecule has 2 N–H and O–H groups in total. The monoisotopic (exact) mass is 282 g/mol. The average Bonchev–Trinajstić information content (AvgIpc) is 2.31. The smallest absolute Gasteiger partial charge is 0.160 e. The van der Waals surface area contributed by atoms with E-state index in [-0.39, 0.29) is 12.4 Å². The molecule has 0 aliphatic carbocycles. The van der Waals surface area contributed by atoms with Gasteiger partial charge in [-0.1, -0.05) is 6.07 Å². The largest absolute Gasteiger partial charge is 0.394 e. The average molecular weight is 282 g/mol. The molecule has 0 unspecified atom stereocenters. The molecule has 0 aromatic heterocycles. The summed E-state index contributed by atoms with van der Waals surface area (Å²) in [6.07, 6.45) is -0.677. The number of aryl methyl sites for hydroxylation is 2. The Morgan fingerprint density at radius 2 is 1.95 bits per heavy atom. The number of Topliss-reactive ketones (excluding diaryl/α,β-unsaturated/α-hetero) is 1. The van der Waals surface area contributed by atoms with E-state index in [0.717, 1.165) is 28.0 Å². The Labute approximate surface area is 119 Å². The highest BCUT2D eigenvalue weighted by Crippen LogP contribution is 2.26. The van der Waals surface area contributed by atoms with Crippen LogP contribution in [0.5, 0.6) is 0 Å². The van der Waals surface area contributed by atoms with Crippen molar-refractivity contribution in [1.29, 1.82) is 0 Å². The molecule has 1 rings (SSSR count). The summed E-state index contributed by atoms with van der Waals surface area (Å²) in [5.74, 6) is 1.34. The van der Waals surface area contributed by atoms with Gasteiger partial charge in [-0.2, -0.15) is 11.8 Å². The van der Waals surface area contributed by atoms with Crippen molar-refractivity contribution in [1.82, 2.24) is 0 Å².